The lowest BCUT2D eigenvalue weighted by molar-refractivity contribution is 0.549. The summed E-state index contributed by atoms with van der Waals surface area (Å²) in [6.07, 6.45) is 0. The SMILES string of the molecule is CC1(C)c2ccccc2C2(c3ccccc3Sc3ccc(-c4cccc(-c5nc(-c6ccccc6)nc6ccccc56)c4)cc32)c2ccccc21. The van der Waals surface area contributed by atoms with Crippen molar-refractivity contribution >= 4 is 22.7 Å². The molecule has 2 heterocycles. The van der Waals surface area contributed by atoms with Crippen molar-refractivity contribution < 1.29 is 0 Å². The summed E-state index contributed by atoms with van der Waals surface area (Å²) < 4.78 is 0. The predicted molar refractivity (Wildman–Crippen MR) is 210 cm³/mol. The summed E-state index contributed by atoms with van der Waals surface area (Å²) in [4.78, 5) is 12.8. The van der Waals surface area contributed by atoms with E-state index in [9.17, 15) is 0 Å². The molecule has 3 heteroatoms. The molecule has 1 aliphatic carbocycles. The highest BCUT2D eigenvalue weighted by Crippen LogP contribution is 2.61. The van der Waals surface area contributed by atoms with Crippen LogP contribution < -0.4 is 0 Å². The summed E-state index contributed by atoms with van der Waals surface area (Å²) in [5, 5.41) is 1.05. The number of para-hydroxylation sites is 1. The Morgan fingerprint density at radius 3 is 1.75 bits per heavy atom. The van der Waals surface area contributed by atoms with E-state index in [-0.39, 0.29) is 5.41 Å². The van der Waals surface area contributed by atoms with Gasteiger partial charge in [-0.3, -0.25) is 0 Å². The van der Waals surface area contributed by atoms with Crippen LogP contribution in [-0.4, -0.2) is 9.97 Å². The van der Waals surface area contributed by atoms with Gasteiger partial charge in [0.05, 0.1) is 16.6 Å². The first kappa shape index (κ1) is 30.1. The van der Waals surface area contributed by atoms with Gasteiger partial charge in [0, 0.05) is 31.7 Å². The second-order valence-electron chi connectivity index (χ2n) is 14.1. The number of hydrogen-bond acceptors (Lipinski definition) is 3. The molecule has 0 N–H and O–H groups in total. The van der Waals surface area contributed by atoms with Crippen LogP contribution in [0.25, 0.3) is 44.7 Å². The van der Waals surface area contributed by atoms with E-state index >= 15 is 0 Å². The molecule has 51 heavy (non-hydrogen) atoms. The molecule has 0 radical (unpaired) electrons. The number of rotatable bonds is 3. The first-order valence-corrected chi connectivity index (χ1v) is 18.4. The molecule has 0 saturated heterocycles. The van der Waals surface area contributed by atoms with Crippen LogP contribution in [0.1, 0.15) is 47.2 Å². The molecule has 242 valence electrons. The van der Waals surface area contributed by atoms with Gasteiger partial charge in [-0.2, -0.15) is 0 Å². The van der Waals surface area contributed by atoms with Crippen LogP contribution in [0.15, 0.2) is 180 Å². The third-order valence-electron chi connectivity index (χ3n) is 11.0. The Bertz CT molecular complexity index is 2610. The number of aromatic nitrogens is 2. The van der Waals surface area contributed by atoms with E-state index < -0.39 is 5.41 Å². The molecule has 7 aromatic carbocycles. The monoisotopic (exact) mass is 670 g/mol. The van der Waals surface area contributed by atoms with Crippen LogP contribution in [0.5, 0.6) is 0 Å². The van der Waals surface area contributed by atoms with E-state index in [0.717, 1.165) is 39.1 Å². The van der Waals surface area contributed by atoms with Crippen molar-refractivity contribution in [3.05, 3.63) is 203 Å². The van der Waals surface area contributed by atoms with Gasteiger partial charge in [-0.15, -0.1) is 0 Å². The quantitative estimate of drug-likeness (QED) is 0.187. The maximum atomic E-state index is 5.19. The van der Waals surface area contributed by atoms with E-state index in [1.807, 2.05) is 36.0 Å². The molecule has 2 nitrogen and oxygen atoms in total. The van der Waals surface area contributed by atoms with Gasteiger partial charge in [-0.05, 0) is 74.8 Å². The summed E-state index contributed by atoms with van der Waals surface area (Å²) in [5.74, 6) is 0.735. The highest BCUT2D eigenvalue weighted by Gasteiger charge is 2.52. The van der Waals surface area contributed by atoms with Crippen molar-refractivity contribution in [1.82, 2.24) is 9.97 Å². The smallest absolute Gasteiger partial charge is 0.160 e. The number of hydrogen-bond donors (Lipinski definition) is 0. The summed E-state index contributed by atoms with van der Waals surface area (Å²) in [7, 11) is 0. The van der Waals surface area contributed by atoms with Gasteiger partial charge < -0.3 is 0 Å². The van der Waals surface area contributed by atoms with Gasteiger partial charge in [0.25, 0.3) is 0 Å². The number of fused-ring (bicyclic) bond motifs is 9. The predicted octanol–water partition coefficient (Wildman–Crippen LogP) is 12.1. The van der Waals surface area contributed by atoms with Crippen molar-refractivity contribution in [1.29, 1.82) is 0 Å². The van der Waals surface area contributed by atoms with E-state index in [1.54, 1.807) is 0 Å². The van der Waals surface area contributed by atoms with E-state index in [2.05, 4.69) is 159 Å². The van der Waals surface area contributed by atoms with Gasteiger partial charge >= 0.3 is 0 Å². The van der Waals surface area contributed by atoms with Crippen molar-refractivity contribution in [3.8, 4) is 33.8 Å². The Morgan fingerprint density at radius 2 is 0.980 bits per heavy atom. The standard InChI is InChI=1S/C48H34N2S/c1-47(2)36-20-7-9-22-38(36)48(39-23-10-8-21-37(39)47)40-24-11-13-26-43(40)51-44-28-27-33(30-41(44)48)32-17-14-18-34(29-32)45-35-19-6-12-25-42(35)49-46(50-45)31-15-4-3-5-16-31/h3-30H,1-2H3. The minimum Gasteiger partial charge on any atom is -0.228 e. The maximum Gasteiger partial charge on any atom is 0.160 e. The van der Waals surface area contributed by atoms with Gasteiger partial charge in [-0.25, -0.2) is 9.97 Å². The lowest BCUT2D eigenvalue weighted by Crippen LogP contribution is -2.43. The lowest BCUT2D eigenvalue weighted by Gasteiger charge is -2.50. The maximum absolute atomic E-state index is 5.19. The molecule has 0 bridgehead atoms. The molecule has 10 rings (SSSR count). The third kappa shape index (κ3) is 4.44. The van der Waals surface area contributed by atoms with Gasteiger partial charge in [0.15, 0.2) is 5.82 Å². The van der Waals surface area contributed by atoms with Gasteiger partial charge in [-0.1, -0.05) is 165 Å². The van der Waals surface area contributed by atoms with Gasteiger partial charge in [0.1, 0.15) is 0 Å². The van der Waals surface area contributed by atoms with Crippen molar-refractivity contribution in [2.45, 2.75) is 34.5 Å². The van der Waals surface area contributed by atoms with E-state index in [4.69, 9.17) is 9.97 Å². The van der Waals surface area contributed by atoms with Crippen LogP contribution in [0.2, 0.25) is 0 Å². The van der Waals surface area contributed by atoms with E-state index in [1.165, 1.54) is 48.7 Å². The van der Waals surface area contributed by atoms with Crippen molar-refractivity contribution in [3.63, 3.8) is 0 Å². The first-order chi connectivity index (χ1) is 25.0. The zero-order valence-electron chi connectivity index (χ0n) is 28.5. The summed E-state index contributed by atoms with van der Waals surface area (Å²) in [6.45, 7) is 4.76. The second kappa shape index (κ2) is 11.4. The molecule has 1 aliphatic heterocycles. The Balaban J connectivity index is 1.20. The molecule has 0 atom stereocenters. The molecular formula is C48H34N2S. The molecule has 0 fully saturated rings. The average molecular weight is 671 g/mol. The minimum absolute atomic E-state index is 0.136. The van der Waals surface area contributed by atoms with Crippen LogP contribution in [0, 0.1) is 0 Å². The topological polar surface area (TPSA) is 25.8 Å². The molecule has 2 aliphatic rings. The Labute approximate surface area is 302 Å². The molecule has 8 aromatic rings. The van der Waals surface area contributed by atoms with Crippen LogP contribution in [0.3, 0.4) is 0 Å². The van der Waals surface area contributed by atoms with Crippen LogP contribution >= 0.6 is 11.8 Å². The fourth-order valence-corrected chi connectivity index (χ4v) is 9.83. The number of benzene rings is 7. The molecule has 1 aromatic heterocycles. The molecule has 1 spiro atoms. The van der Waals surface area contributed by atoms with Crippen molar-refractivity contribution in [2.24, 2.45) is 0 Å². The number of nitrogens with zero attached hydrogens (tertiary/aromatic N) is 2. The van der Waals surface area contributed by atoms with E-state index in [0.29, 0.717) is 0 Å². The zero-order valence-corrected chi connectivity index (χ0v) is 29.3. The molecular weight excluding hydrogens is 637 g/mol. The summed E-state index contributed by atoms with van der Waals surface area (Å²) in [5.41, 5.74) is 13.9. The highest BCUT2D eigenvalue weighted by atomic mass is 32.2. The summed E-state index contributed by atoms with van der Waals surface area (Å²) in [6, 6.07) is 61.9. The van der Waals surface area contributed by atoms with Crippen molar-refractivity contribution in [2.75, 3.05) is 0 Å². The highest BCUT2D eigenvalue weighted by molar-refractivity contribution is 7.99. The largest absolute Gasteiger partial charge is 0.228 e. The Kier molecular flexibility index (Phi) is 6.71. The fraction of sp³-hybridized carbons (Fsp3) is 0.0833. The normalized spacial score (nSPS) is 14.7. The molecule has 0 unspecified atom stereocenters. The van der Waals surface area contributed by atoms with Crippen LogP contribution in [0.4, 0.5) is 0 Å². The molecule has 0 saturated carbocycles. The summed E-state index contributed by atoms with van der Waals surface area (Å²) >= 11 is 1.89. The van der Waals surface area contributed by atoms with Crippen LogP contribution in [-0.2, 0) is 10.8 Å². The second-order valence-corrected chi connectivity index (χ2v) is 15.2. The average Bonchev–Trinajstić information content (AvgIpc) is 3.19. The first-order valence-electron chi connectivity index (χ1n) is 17.6. The van der Waals surface area contributed by atoms with Gasteiger partial charge in [0.2, 0.25) is 0 Å². The minimum atomic E-state index is -0.457. The lowest BCUT2D eigenvalue weighted by atomic mass is 9.54. The zero-order chi connectivity index (χ0) is 34.2. The Hall–Kier alpha value is -5.77. The third-order valence-corrected chi connectivity index (χ3v) is 12.2. The molecule has 0 amide bonds. The fourth-order valence-electron chi connectivity index (χ4n) is 8.66. The Morgan fingerprint density at radius 1 is 0.412 bits per heavy atom.